The standard InChI is InChI=1S/C13H9F3N4O/c14-13(15,16)10-3-6-19-7-9(10)12(21)20-11(17)8-1-4-18-5-2-8/h1-7H,(H2,17,20,21). The van der Waals surface area contributed by atoms with E-state index in [0.29, 0.717) is 11.6 Å². The van der Waals surface area contributed by atoms with Crippen LogP contribution >= 0.6 is 0 Å². The first-order valence-electron chi connectivity index (χ1n) is 5.71. The predicted molar refractivity (Wildman–Crippen MR) is 67.8 cm³/mol. The van der Waals surface area contributed by atoms with Crippen molar-refractivity contribution in [3.8, 4) is 0 Å². The van der Waals surface area contributed by atoms with Gasteiger partial charge in [-0.25, -0.2) is 0 Å². The number of alkyl halides is 3. The molecule has 108 valence electrons. The summed E-state index contributed by atoms with van der Waals surface area (Å²) in [6.07, 6.45) is -0.0945. The van der Waals surface area contributed by atoms with Crippen LogP contribution in [-0.4, -0.2) is 21.7 Å². The summed E-state index contributed by atoms with van der Waals surface area (Å²) >= 11 is 0. The van der Waals surface area contributed by atoms with Crippen molar-refractivity contribution in [2.75, 3.05) is 0 Å². The summed E-state index contributed by atoms with van der Waals surface area (Å²) in [6, 6.07) is 3.62. The first-order chi connectivity index (χ1) is 9.89. The van der Waals surface area contributed by atoms with Crippen molar-refractivity contribution in [2.24, 2.45) is 0 Å². The normalized spacial score (nSPS) is 11.0. The third-order valence-electron chi connectivity index (χ3n) is 2.58. The monoisotopic (exact) mass is 294 g/mol. The third-order valence-corrected chi connectivity index (χ3v) is 2.58. The van der Waals surface area contributed by atoms with Crippen molar-refractivity contribution in [1.82, 2.24) is 15.3 Å². The van der Waals surface area contributed by atoms with Crippen LogP contribution in [-0.2, 0) is 6.18 Å². The molecular weight excluding hydrogens is 285 g/mol. The van der Waals surface area contributed by atoms with E-state index in [2.05, 4.69) is 15.3 Å². The van der Waals surface area contributed by atoms with E-state index in [-0.39, 0.29) is 5.84 Å². The van der Waals surface area contributed by atoms with Crippen molar-refractivity contribution in [3.05, 3.63) is 59.7 Å². The zero-order valence-electron chi connectivity index (χ0n) is 10.5. The zero-order chi connectivity index (χ0) is 15.5. The van der Waals surface area contributed by atoms with Gasteiger partial charge >= 0.3 is 6.18 Å². The van der Waals surface area contributed by atoms with Gasteiger partial charge < -0.3 is 5.32 Å². The zero-order valence-corrected chi connectivity index (χ0v) is 10.5. The van der Waals surface area contributed by atoms with E-state index in [1.807, 2.05) is 0 Å². The van der Waals surface area contributed by atoms with Gasteiger partial charge in [0.15, 0.2) is 0 Å². The van der Waals surface area contributed by atoms with Gasteiger partial charge in [-0.3, -0.25) is 20.2 Å². The minimum absolute atomic E-state index is 0.320. The maximum atomic E-state index is 12.8. The van der Waals surface area contributed by atoms with E-state index >= 15 is 0 Å². The molecule has 0 aromatic carbocycles. The van der Waals surface area contributed by atoms with Gasteiger partial charge in [-0.1, -0.05) is 0 Å². The molecule has 2 rings (SSSR count). The molecule has 2 aromatic rings. The number of hydrogen-bond acceptors (Lipinski definition) is 4. The molecule has 8 heteroatoms. The second-order valence-corrected chi connectivity index (χ2v) is 3.98. The SMILES string of the molecule is N=C(NC(=O)c1cnccc1C(F)(F)F)c1ccncc1. The number of aromatic nitrogens is 2. The molecule has 0 radical (unpaired) electrons. The lowest BCUT2D eigenvalue weighted by molar-refractivity contribution is -0.138. The Morgan fingerprint density at radius 1 is 1.10 bits per heavy atom. The fourth-order valence-electron chi connectivity index (χ4n) is 1.59. The molecule has 0 saturated heterocycles. The van der Waals surface area contributed by atoms with Gasteiger partial charge in [-0.2, -0.15) is 13.2 Å². The fourth-order valence-corrected chi connectivity index (χ4v) is 1.59. The highest BCUT2D eigenvalue weighted by molar-refractivity contribution is 6.11. The number of hydrogen-bond donors (Lipinski definition) is 2. The van der Waals surface area contributed by atoms with E-state index in [1.165, 1.54) is 24.5 Å². The van der Waals surface area contributed by atoms with Crippen molar-refractivity contribution >= 4 is 11.7 Å². The Bertz CT molecular complexity index is 671. The molecule has 0 aliphatic heterocycles. The van der Waals surface area contributed by atoms with Crippen LogP contribution in [0.2, 0.25) is 0 Å². The smallest absolute Gasteiger partial charge is 0.306 e. The summed E-state index contributed by atoms with van der Waals surface area (Å²) in [4.78, 5) is 19.2. The Hall–Kier alpha value is -2.77. The number of pyridine rings is 2. The average molecular weight is 294 g/mol. The molecule has 2 N–H and O–H groups in total. The Labute approximate surface area is 117 Å². The van der Waals surface area contributed by atoms with Gasteiger partial charge in [-0.05, 0) is 18.2 Å². The van der Waals surface area contributed by atoms with E-state index < -0.39 is 23.2 Å². The van der Waals surface area contributed by atoms with Crippen LogP contribution in [0.25, 0.3) is 0 Å². The van der Waals surface area contributed by atoms with Crippen LogP contribution in [0.5, 0.6) is 0 Å². The summed E-state index contributed by atoms with van der Waals surface area (Å²) in [5.41, 5.74) is -1.41. The lowest BCUT2D eigenvalue weighted by Gasteiger charge is -2.12. The Balaban J connectivity index is 2.24. The van der Waals surface area contributed by atoms with E-state index in [0.717, 1.165) is 12.4 Å². The van der Waals surface area contributed by atoms with Gasteiger partial charge in [0.05, 0.1) is 11.1 Å². The second kappa shape index (κ2) is 5.70. The van der Waals surface area contributed by atoms with Crippen molar-refractivity contribution in [1.29, 1.82) is 5.41 Å². The van der Waals surface area contributed by atoms with E-state index in [4.69, 9.17) is 5.41 Å². The first kappa shape index (κ1) is 14.6. The number of nitrogens with one attached hydrogen (secondary N) is 2. The van der Waals surface area contributed by atoms with E-state index in [9.17, 15) is 18.0 Å². The topological polar surface area (TPSA) is 78.7 Å². The van der Waals surface area contributed by atoms with E-state index in [1.54, 1.807) is 0 Å². The van der Waals surface area contributed by atoms with Gasteiger partial charge in [0.25, 0.3) is 5.91 Å². The molecule has 0 saturated carbocycles. The quantitative estimate of drug-likeness (QED) is 0.658. The van der Waals surface area contributed by atoms with Crippen LogP contribution in [0.4, 0.5) is 13.2 Å². The highest BCUT2D eigenvalue weighted by Gasteiger charge is 2.35. The van der Waals surface area contributed by atoms with Crippen LogP contribution in [0.1, 0.15) is 21.5 Å². The van der Waals surface area contributed by atoms with Crippen molar-refractivity contribution < 1.29 is 18.0 Å². The molecule has 0 fully saturated rings. The summed E-state index contributed by atoms with van der Waals surface area (Å²) < 4.78 is 38.4. The van der Waals surface area contributed by atoms with Crippen molar-refractivity contribution in [3.63, 3.8) is 0 Å². The summed E-state index contributed by atoms with van der Waals surface area (Å²) in [5.74, 6) is -1.36. The van der Waals surface area contributed by atoms with Gasteiger partial charge in [0.1, 0.15) is 5.84 Å². The highest BCUT2D eigenvalue weighted by atomic mass is 19.4. The minimum Gasteiger partial charge on any atom is -0.306 e. The van der Waals surface area contributed by atoms with Gasteiger partial charge in [-0.15, -0.1) is 0 Å². The summed E-state index contributed by atoms with van der Waals surface area (Å²) in [7, 11) is 0. The number of nitrogens with zero attached hydrogens (tertiary/aromatic N) is 2. The number of halogens is 3. The Morgan fingerprint density at radius 2 is 1.71 bits per heavy atom. The van der Waals surface area contributed by atoms with Crippen LogP contribution < -0.4 is 5.32 Å². The molecular formula is C13H9F3N4O. The summed E-state index contributed by atoms with van der Waals surface area (Å²) in [5, 5.41) is 9.78. The fraction of sp³-hybridized carbons (Fsp3) is 0.0769. The number of carbonyl (C=O) groups is 1. The first-order valence-corrected chi connectivity index (χ1v) is 5.71. The molecule has 2 aromatic heterocycles. The molecule has 21 heavy (non-hydrogen) atoms. The molecule has 5 nitrogen and oxygen atoms in total. The number of carbonyl (C=O) groups excluding carboxylic acids is 1. The average Bonchev–Trinajstić information content (AvgIpc) is 2.47. The molecule has 0 atom stereocenters. The Morgan fingerprint density at radius 3 is 2.33 bits per heavy atom. The molecule has 1 amide bonds. The van der Waals surface area contributed by atoms with Crippen LogP contribution in [0, 0.1) is 5.41 Å². The third kappa shape index (κ3) is 3.41. The molecule has 0 spiro atoms. The maximum Gasteiger partial charge on any atom is 0.417 e. The molecule has 0 aliphatic rings. The molecule has 2 heterocycles. The number of amidine groups is 1. The Kier molecular flexibility index (Phi) is 3.97. The van der Waals surface area contributed by atoms with Crippen molar-refractivity contribution in [2.45, 2.75) is 6.18 Å². The van der Waals surface area contributed by atoms with Gasteiger partial charge in [0, 0.05) is 30.4 Å². The van der Waals surface area contributed by atoms with Gasteiger partial charge in [0.2, 0.25) is 0 Å². The lowest BCUT2D eigenvalue weighted by atomic mass is 10.1. The molecule has 0 bridgehead atoms. The summed E-state index contributed by atoms with van der Waals surface area (Å²) in [6.45, 7) is 0. The second-order valence-electron chi connectivity index (χ2n) is 3.98. The van der Waals surface area contributed by atoms with Crippen LogP contribution in [0.3, 0.4) is 0 Å². The largest absolute Gasteiger partial charge is 0.417 e. The van der Waals surface area contributed by atoms with Crippen LogP contribution in [0.15, 0.2) is 43.0 Å². The highest BCUT2D eigenvalue weighted by Crippen LogP contribution is 2.31. The predicted octanol–water partition coefficient (Wildman–Crippen LogP) is 2.25. The minimum atomic E-state index is -4.67. The maximum absolute atomic E-state index is 12.8. The molecule has 0 aliphatic carbocycles. The molecule has 0 unspecified atom stereocenters. The lowest BCUT2D eigenvalue weighted by Crippen LogP contribution is -2.32. The number of amides is 1. The number of rotatable bonds is 2.